The number of hydrogen-bond donors (Lipinski definition) is 1. The lowest BCUT2D eigenvalue weighted by Crippen LogP contribution is -2.32. The fourth-order valence-electron chi connectivity index (χ4n) is 3.04. The van der Waals surface area contributed by atoms with E-state index in [2.05, 4.69) is 20.8 Å². The van der Waals surface area contributed by atoms with Crippen LogP contribution in [0.4, 0.5) is 5.69 Å². The molecule has 0 saturated carbocycles. The standard InChI is InChI=1S/C18H19NO4/c1-18(2,3)12-10-19(13-7-5-4-6-11(12)13)16(20)14-8-9-15(23-14)17(21)22/h4-9,12H,10H2,1-3H3,(H,21,22). The van der Waals surface area contributed by atoms with E-state index in [0.29, 0.717) is 6.54 Å². The van der Waals surface area contributed by atoms with Crippen LogP contribution in [-0.2, 0) is 0 Å². The van der Waals surface area contributed by atoms with Crippen molar-refractivity contribution in [1.82, 2.24) is 0 Å². The molecule has 0 saturated heterocycles. The number of carboxylic acid groups (broad SMARTS) is 1. The number of nitrogens with zero attached hydrogens (tertiary/aromatic N) is 1. The van der Waals surface area contributed by atoms with Gasteiger partial charge in [0.15, 0.2) is 5.76 Å². The molecule has 23 heavy (non-hydrogen) atoms. The maximum Gasteiger partial charge on any atom is 0.371 e. The summed E-state index contributed by atoms with van der Waals surface area (Å²) in [6, 6.07) is 10.6. The molecule has 0 spiro atoms. The van der Waals surface area contributed by atoms with Crippen molar-refractivity contribution < 1.29 is 19.1 Å². The van der Waals surface area contributed by atoms with Gasteiger partial charge in [0.1, 0.15) is 0 Å². The number of carbonyl (C=O) groups is 2. The number of hydrogen-bond acceptors (Lipinski definition) is 3. The van der Waals surface area contributed by atoms with E-state index in [9.17, 15) is 9.59 Å². The molecule has 0 aliphatic carbocycles. The predicted molar refractivity (Wildman–Crippen MR) is 86.0 cm³/mol. The third kappa shape index (κ3) is 2.63. The van der Waals surface area contributed by atoms with Gasteiger partial charge in [0.25, 0.3) is 5.91 Å². The van der Waals surface area contributed by atoms with Crippen molar-refractivity contribution in [2.75, 3.05) is 11.4 Å². The molecule has 1 amide bonds. The van der Waals surface area contributed by atoms with Gasteiger partial charge in [0, 0.05) is 18.2 Å². The molecule has 1 aromatic heterocycles. The van der Waals surface area contributed by atoms with E-state index in [1.54, 1.807) is 4.90 Å². The van der Waals surface area contributed by atoms with Crippen molar-refractivity contribution in [2.45, 2.75) is 26.7 Å². The highest BCUT2D eigenvalue weighted by atomic mass is 16.4. The van der Waals surface area contributed by atoms with E-state index in [-0.39, 0.29) is 28.8 Å². The Labute approximate surface area is 134 Å². The summed E-state index contributed by atoms with van der Waals surface area (Å²) in [5.74, 6) is -1.45. The molecule has 1 atom stereocenters. The number of rotatable bonds is 2. The molecule has 5 nitrogen and oxygen atoms in total. The average Bonchev–Trinajstić information content (AvgIpc) is 3.11. The summed E-state index contributed by atoms with van der Waals surface area (Å²) in [5, 5.41) is 8.93. The molecule has 0 radical (unpaired) electrons. The maximum absolute atomic E-state index is 12.8. The first-order valence-electron chi connectivity index (χ1n) is 7.53. The van der Waals surface area contributed by atoms with E-state index >= 15 is 0 Å². The van der Waals surface area contributed by atoms with Crippen molar-refractivity contribution in [3.63, 3.8) is 0 Å². The summed E-state index contributed by atoms with van der Waals surface area (Å²) >= 11 is 0. The van der Waals surface area contributed by atoms with E-state index in [4.69, 9.17) is 9.52 Å². The van der Waals surface area contributed by atoms with Crippen LogP contribution < -0.4 is 4.90 Å². The van der Waals surface area contributed by atoms with Gasteiger partial charge in [-0.25, -0.2) is 4.79 Å². The Hall–Kier alpha value is -2.56. The van der Waals surface area contributed by atoms with Gasteiger partial charge in [-0.15, -0.1) is 0 Å². The summed E-state index contributed by atoms with van der Waals surface area (Å²) in [5.41, 5.74) is 2.02. The Morgan fingerprint density at radius 1 is 1.13 bits per heavy atom. The number of para-hydroxylation sites is 1. The molecule has 1 aromatic carbocycles. The molecule has 1 aliphatic heterocycles. The summed E-state index contributed by atoms with van der Waals surface area (Å²) in [7, 11) is 0. The van der Waals surface area contributed by atoms with Gasteiger partial charge in [-0.2, -0.15) is 0 Å². The van der Waals surface area contributed by atoms with E-state index in [0.717, 1.165) is 11.3 Å². The second-order valence-corrected chi connectivity index (χ2v) is 6.86. The molecule has 0 fully saturated rings. The Morgan fingerprint density at radius 2 is 1.78 bits per heavy atom. The number of anilines is 1. The van der Waals surface area contributed by atoms with Gasteiger partial charge < -0.3 is 14.4 Å². The Bertz CT molecular complexity index is 769. The van der Waals surface area contributed by atoms with Crippen LogP contribution in [-0.4, -0.2) is 23.5 Å². The smallest absolute Gasteiger partial charge is 0.371 e. The zero-order valence-electron chi connectivity index (χ0n) is 13.4. The van der Waals surface area contributed by atoms with Crippen LogP contribution in [0.15, 0.2) is 40.8 Å². The highest BCUT2D eigenvalue weighted by Crippen LogP contribution is 2.45. The minimum Gasteiger partial charge on any atom is -0.475 e. The number of carboxylic acids is 1. The molecule has 0 bridgehead atoms. The molecular weight excluding hydrogens is 294 g/mol. The van der Waals surface area contributed by atoms with Crippen molar-refractivity contribution in [3.8, 4) is 0 Å². The number of aromatic carboxylic acids is 1. The fraction of sp³-hybridized carbons (Fsp3) is 0.333. The van der Waals surface area contributed by atoms with Crippen LogP contribution in [0, 0.1) is 5.41 Å². The molecule has 2 heterocycles. The summed E-state index contributed by atoms with van der Waals surface area (Å²) in [6.45, 7) is 7.01. The van der Waals surface area contributed by atoms with Gasteiger partial charge in [-0.05, 0) is 29.2 Å². The first-order chi connectivity index (χ1) is 10.8. The summed E-state index contributed by atoms with van der Waals surface area (Å²) in [6.07, 6.45) is 0. The Balaban J connectivity index is 1.97. The largest absolute Gasteiger partial charge is 0.475 e. The van der Waals surface area contributed by atoms with Crippen molar-refractivity contribution >= 4 is 17.6 Å². The molecule has 3 rings (SSSR count). The quantitative estimate of drug-likeness (QED) is 0.916. The van der Waals surface area contributed by atoms with Gasteiger partial charge in [0.05, 0.1) is 0 Å². The molecular formula is C18H19NO4. The van der Waals surface area contributed by atoms with Crippen LogP contribution >= 0.6 is 0 Å². The van der Waals surface area contributed by atoms with Crippen LogP contribution in [0.2, 0.25) is 0 Å². The molecule has 1 N–H and O–H groups in total. The zero-order valence-corrected chi connectivity index (χ0v) is 13.4. The number of amides is 1. The molecule has 5 heteroatoms. The van der Waals surface area contributed by atoms with Gasteiger partial charge in [-0.3, -0.25) is 4.79 Å². The number of benzene rings is 1. The summed E-state index contributed by atoms with van der Waals surface area (Å²) in [4.78, 5) is 25.4. The number of furan rings is 1. The van der Waals surface area contributed by atoms with Crippen molar-refractivity contribution in [2.24, 2.45) is 5.41 Å². The molecule has 2 aromatic rings. The minimum atomic E-state index is -1.18. The molecule has 120 valence electrons. The third-order valence-corrected chi connectivity index (χ3v) is 4.29. The van der Waals surface area contributed by atoms with E-state index < -0.39 is 5.97 Å². The highest BCUT2D eigenvalue weighted by molar-refractivity contribution is 6.06. The first-order valence-corrected chi connectivity index (χ1v) is 7.53. The van der Waals surface area contributed by atoms with Crippen LogP contribution in [0.3, 0.4) is 0 Å². The van der Waals surface area contributed by atoms with Crippen molar-refractivity contribution in [1.29, 1.82) is 0 Å². The lowest BCUT2D eigenvalue weighted by atomic mass is 9.78. The lowest BCUT2D eigenvalue weighted by molar-refractivity contribution is 0.0660. The predicted octanol–water partition coefficient (Wildman–Crippen LogP) is 3.77. The van der Waals surface area contributed by atoms with Crippen molar-refractivity contribution in [3.05, 3.63) is 53.5 Å². The SMILES string of the molecule is CC(C)(C)C1CN(C(=O)c2ccc(C(=O)O)o2)c2ccccc21. The number of carbonyl (C=O) groups excluding carboxylic acids is 1. The van der Waals surface area contributed by atoms with Crippen LogP contribution in [0.5, 0.6) is 0 Å². The molecule has 1 unspecified atom stereocenters. The first kappa shape index (κ1) is 15.3. The zero-order chi connectivity index (χ0) is 16.8. The Morgan fingerprint density at radius 3 is 2.39 bits per heavy atom. The lowest BCUT2D eigenvalue weighted by Gasteiger charge is -2.27. The second-order valence-electron chi connectivity index (χ2n) is 6.86. The van der Waals surface area contributed by atoms with Gasteiger partial charge in [0.2, 0.25) is 5.76 Å². The summed E-state index contributed by atoms with van der Waals surface area (Å²) < 4.78 is 5.16. The highest BCUT2D eigenvalue weighted by Gasteiger charge is 2.39. The fourth-order valence-corrected chi connectivity index (χ4v) is 3.04. The third-order valence-electron chi connectivity index (χ3n) is 4.29. The van der Waals surface area contributed by atoms with Crippen LogP contribution in [0.1, 0.15) is 53.4 Å². The maximum atomic E-state index is 12.8. The van der Waals surface area contributed by atoms with E-state index in [1.165, 1.54) is 12.1 Å². The van der Waals surface area contributed by atoms with Crippen LogP contribution in [0.25, 0.3) is 0 Å². The van der Waals surface area contributed by atoms with Gasteiger partial charge in [-0.1, -0.05) is 39.0 Å². The minimum absolute atomic E-state index is 0.0144. The monoisotopic (exact) mass is 313 g/mol. The van der Waals surface area contributed by atoms with E-state index in [1.807, 2.05) is 24.3 Å². The average molecular weight is 313 g/mol. The van der Waals surface area contributed by atoms with Gasteiger partial charge >= 0.3 is 5.97 Å². The Kier molecular flexibility index (Phi) is 3.51. The second kappa shape index (κ2) is 5.26. The molecule has 1 aliphatic rings. The topological polar surface area (TPSA) is 70.8 Å². The number of fused-ring (bicyclic) bond motifs is 1. The normalized spacial score (nSPS) is 17.2.